The van der Waals surface area contributed by atoms with Gasteiger partial charge in [0.05, 0.1) is 11.1 Å². The monoisotopic (exact) mass is 287 g/mol. The minimum atomic E-state index is -3.50. The van der Waals surface area contributed by atoms with Crippen molar-refractivity contribution in [2.24, 2.45) is 0 Å². The van der Waals surface area contributed by atoms with Gasteiger partial charge in [-0.3, -0.25) is 4.72 Å². The number of anilines is 1. The Labute approximate surface area is 120 Å². The number of para-hydroxylation sites is 1. The summed E-state index contributed by atoms with van der Waals surface area (Å²) in [6.07, 6.45) is 2.36. The van der Waals surface area contributed by atoms with Crippen LogP contribution in [-0.4, -0.2) is 8.42 Å². The lowest BCUT2D eigenvalue weighted by Crippen LogP contribution is -2.10. The van der Waals surface area contributed by atoms with Gasteiger partial charge in [0.15, 0.2) is 0 Å². The fraction of sp³-hybridized carbons (Fsp3) is 0.125. The van der Waals surface area contributed by atoms with Crippen molar-refractivity contribution in [3.05, 3.63) is 71.1 Å². The van der Waals surface area contributed by atoms with Crippen LogP contribution < -0.4 is 4.72 Å². The first-order valence-corrected chi connectivity index (χ1v) is 7.99. The van der Waals surface area contributed by atoms with Crippen molar-refractivity contribution in [2.45, 2.75) is 13.3 Å². The average molecular weight is 287 g/mol. The molecule has 0 heterocycles. The van der Waals surface area contributed by atoms with E-state index in [1.807, 2.05) is 55.5 Å². The Morgan fingerprint density at radius 1 is 1.00 bits per heavy atom. The molecule has 0 unspecified atom stereocenters. The van der Waals surface area contributed by atoms with Gasteiger partial charge >= 0.3 is 0 Å². The van der Waals surface area contributed by atoms with E-state index in [0.717, 1.165) is 17.5 Å². The van der Waals surface area contributed by atoms with Crippen molar-refractivity contribution in [3.8, 4) is 0 Å². The van der Waals surface area contributed by atoms with E-state index in [4.69, 9.17) is 0 Å². The van der Waals surface area contributed by atoms with E-state index in [9.17, 15) is 8.42 Å². The van der Waals surface area contributed by atoms with Crippen LogP contribution >= 0.6 is 0 Å². The number of hydrogen-bond acceptors (Lipinski definition) is 2. The van der Waals surface area contributed by atoms with Crippen LogP contribution in [0.5, 0.6) is 0 Å². The van der Waals surface area contributed by atoms with Crippen LogP contribution in [0, 0.1) is 0 Å². The van der Waals surface area contributed by atoms with Crippen LogP contribution in [-0.2, 0) is 16.4 Å². The van der Waals surface area contributed by atoms with Gasteiger partial charge in [0.2, 0.25) is 0 Å². The summed E-state index contributed by atoms with van der Waals surface area (Å²) in [6, 6.07) is 16.7. The zero-order chi connectivity index (χ0) is 14.4. The Kier molecular flexibility index (Phi) is 4.58. The molecule has 0 aliphatic carbocycles. The highest BCUT2D eigenvalue weighted by molar-refractivity contribution is 7.95. The van der Waals surface area contributed by atoms with Gasteiger partial charge in [0.25, 0.3) is 10.0 Å². The quantitative estimate of drug-likeness (QED) is 0.912. The maximum Gasteiger partial charge on any atom is 0.255 e. The van der Waals surface area contributed by atoms with E-state index < -0.39 is 10.0 Å². The van der Waals surface area contributed by atoms with Gasteiger partial charge in [-0.25, -0.2) is 8.42 Å². The molecule has 3 nitrogen and oxygen atoms in total. The average Bonchev–Trinajstić information content (AvgIpc) is 2.47. The van der Waals surface area contributed by atoms with Crippen LogP contribution in [0.2, 0.25) is 0 Å². The van der Waals surface area contributed by atoms with E-state index in [0.29, 0.717) is 5.69 Å². The van der Waals surface area contributed by atoms with Gasteiger partial charge in [-0.2, -0.15) is 0 Å². The predicted molar refractivity (Wildman–Crippen MR) is 83.8 cm³/mol. The molecule has 2 aromatic carbocycles. The van der Waals surface area contributed by atoms with Gasteiger partial charge < -0.3 is 0 Å². The van der Waals surface area contributed by atoms with Crippen molar-refractivity contribution in [1.82, 2.24) is 0 Å². The maximum atomic E-state index is 12.0. The molecule has 0 aliphatic rings. The topological polar surface area (TPSA) is 46.2 Å². The van der Waals surface area contributed by atoms with Crippen molar-refractivity contribution in [3.63, 3.8) is 0 Å². The number of sulfonamides is 1. The minimum Gasteiger partial charge on any atom is -0.280 e. The lowest BCUT2D eigenvalue weighted by Gasteiger charge is -2.08. The van der Waals surface area contributed by atoms with Gasteiger partial charge in [-0.1, -0.05) is 55.5 Å². The molecule has 2 rings (SSSR count). The summed E-state index contributed by atoms with van der Waals surface area (Å²) < 4.78 is 26.7. The van der Waals surface area contributed by atoms with E-state index in [-0.39, 0.29) is 0 Å². The summed E-state index contributed by atoms with van der Waals surface area (Å²) >= 11 is 0. The molecule has 2 aromatic rings. The Bertz CT molecular complexity index is 691. The predicted octanol–water partition coefficient (Wildman–Crippen LogP) is 3.66. The van der Waals surface area contributed by atoms with Crippen molar-refractivity contribution >= 4 is 21.8 Å². The fourth-order valence-electron chi connectivity index (χ4n) is 1.85. The van der Waals surface area contributed by atoms with Crippen LogP contribution in [0.1, 0.15) is 18.1 Å². The smallest absolute Gasteiger partial charge is 0.255 e. The van der Waals surface area contributed by atoms with Gasteiger partial charge in [0.1, 0.15) is 0 Å². The molecule has 1 N–H and O–H groups in total. The third kappa shape index (κ3) is 3.96. The SMILES string of the molecule is CCc1ccccc1NS(=O)(=O)/C=C/c1ccccc1. The van der Waals surface area contributed by atoms with Gasteiger partial charge in [0, 0.05) is 0 Å². The summed E-state index contributed by atoms with van der Waals surface area (Å²) in [6.45, 7) is 1.99. The van der Waals surface area contributed by atoms with Crippen LogP contribution in [0.25, 0.3) is 6.08 Å². The summed E-state index contributed by atoms with van der Waals surface area (Å²) in [5.41, 5.74) is 2.46. The lowest BCUT2D eigenvalue weighted by atomic mass is 10.1. The molecule has 20 heavy (non-hydrogen) atoms. The molecule has 4 heteroatoms. The van der Waals surface area contributed by atoms with Gasteiger partial charge in [-0.05, 0) is 29.7 Å². The van der Waals surface area contributed by atoms with E-state index in [2.05, 4.69) is 4.72 Å². The second-order valence-corrected chi connectivity index (χ2v) is 5.94. The highest BCUT2D eigenvalue weighted by Gasteiger charge is 2.08. The number of aryl methyl sites for hydroxylation is 1. The molecular formula is C16H17NO2S. The molecule has 0 amide bonds. The summed E-state index contributed by atoms with van der Waals surface area (Å²) in [5, 5.41) is 1.19. The van der Waals surface area contributed by atoms with Gasteiger partial charge in [-0.15, -0.1) is 0 Å². The summed E-state index contributed by atoms with van der Waals surface area (Å²) in [7, 11) is -3.50. The number of rotatable bonds is 5. The van der Waals surface area contributed by atoms with Crippen molar-refractivity contribution < 1.29 is 8.42 Å². The molecule has 0 fully saturated rings. The second-order valence-electron chi connectivity index (χ2n) is 4.37. The summed E-state index contributed by atoms with van der Waals surface area (Å²) in [5.74, 6) is 0. The molecule has 0 radical (unpaired) electrons. The number of hydrogen-bond donors (Lipinski definition) is 1. The normalized spacial score (nSPS) is 11.7. The standard InChI is InChI=1S/C16H17NO2S/c1-2-15-10-6-7-11-16(15)17-20(18,19)13-12-14-8-4-3-5-9-14/h3-13,17H,2H2,1H3/b13-12+. The first-order valence-electron chi connectivity index (χ1n) is 6.44. The fourth-order valence-corrected chi connectivity index (χ4v) is 2.76. The number of benzene rings is 2. The molecule has 104 valence electrons. The third-order valence-electron chi connectivity index (χ3n) is 2.89. The highest BCUT2D eigenvalue weighted by atomic mass is 32.2. The van der Waals surface area contributed by atoms with E-state index in [1.165, 1.54) is 5.41 Å². The molecule has 0 aliphatic heterocycles. The zero-order valence-electron chi connectivity index (χ0n) is 11.3. The number of nitrogens with one attached hydrogen (secondary N) is 1. The molecule has 0 spiro atoms. The van der Waals surface area contributed by atoms with Crippen LogP contribution in [0.3, 0.4) is 0 Å². The Balaban J connectivity index is 2.18. The minimum absolute atomic E-state index is 0.632. The lowest BCUT2D eigenvalue weighted by molar-refractivity contribution is 0.609. The van der Waals surface area contributed by atoms with Crippen molar-refractivity contribution in [2.75, 3.05) is 4.72 Å². The molecule has 0 saturated carbocycles. The van der Waals surface area contributed by atoms with Crippen molar-refractivity contribution in [1.29, 1.82) is 0 Å². The van der Waals surface area contributed by atoms with E-state index in [1.54, 1.807) is 12.1 Å². The third-order valence-corrected chi connectivity index (χ3v) is 3.89. The maximum absolute atomic E-state index is 12.0. The highest BCUT2D eigenvalue weighted by Crippen LogP contribution is 2.17. The van der Waals surface area contributed by atoms with Crippen LogP contribution in [0.4, 0.5) is 5.69 Å². The Morgan fingerprint density at radius 3 is 2.35 bits per heavy atom. The largest absolute Gasteiger partial charge is 0.280 e. The second kappa shape index (κ2) is 6.39. The Morgan fingerprint density at radius 2 is 1.65 bits per heavy atom. The molecule has 0 aromatic heterocycles. The van der Waals surface area contributed by atoms with Crippen LogP contribution in [0.15, 0.2) is 60.0 Å². The molecule has 0 bridgehead atoms. The zero-order valence-corrected chi connectivity index (χ0v) is 12.1. The first-order chi connectivity index (χ1) is 9.61. The molecule has 0 saturated heterocycles. The first kappa shape index (κ1) is 14.3. The summed E-state index contributed by atoms with van der Waals surface area (Å²) in [4.78, 5) is 0. The van der Waals surface area contributed by atoms with E-state index >= 15 is 0 Å². The molecule has 0 atom stereocenters. The Hall–Kier alpha value is -2.07. The molecular weight excluding hydrogens is 270 g/mol.